The number of aromatic nitrogens is 2. The van der Waals surface area contributed by atoms with Gasteiger partial charge in [-0.25, -0.2) is 0 Å². The van der Waals surface area contributed by atoms with Gasteiger partial charge in [-0.1, -0.05) is 0 Å². The predicted octanol–water partition coefficient (Wildman–Crippen LogP) is 4.01. The van der Waals surface area contributed by atoms with E-state index in [0.29, 0.717) is 17.5 Å². The fourth-order valence-corrected chi connectivity index (χ4v) is 1.46. The molecule has 5 nitrogen and oxygen atoms in total. The first-order chi connectivity index (χ1) is 9.27. The van der Waals surface area contributed by atoms with Crippen LogP contribution in [-0.4, -0.2) is 26.8 Å². The molecule has 1 aromatic rings. The van der Waals surface area contributed by atoms with E-state index in [9.17, 15) is 0 Å². The maximum Gasteiger partial charge on any atom is 0.264 e. The Hall–Kier alpha value is -1.52. The third kappa shape index (κ3) is 6.65. The van der Waals surface area contributed by atoms with Crippen molar-refractivity contribution in [1.29, 1.82) is 0 Å². The summed E-state index contributed by atoms with van der Waals surface area (Å²) >= 11 is 0. The summed E-state index contributed by atoms with van der Waals surface area (Å²) in [5.41, 5.74) is -1.18. The number of nitrogens with zero attached hydrogens (tertiary/aromatic N) is 2. The molecule has 0 amide bonds. The zero-order valence-electron chi connectivity index (χ0n) is 14.7. The van der Waals surface area contributed by atoms with Crippen molar-refractivity contribution in [1.82, 2.24) is 9.97 Å². The van der Waals surface area contributed by atoms with Gasteiger partial charge in [-0.15, -0.1) is 0 Å². The third-order valence-electron chi connectivity index (χ3n) is 1.95. The lowest BCUT2D eigenvalue weighted by atomic mass is 10.2. The van der Waals surface area contributed by atoms with Gasteiger partial charge in [-0.3, -0.25) is 0 Å². The van der Waals surface area contributed by atoms with E-state index >= 15 is 0 Å². The summed E-state index contributed by atoms with van der Waals surface area (Å²) in [6, 6.07) is 0. The highest BCUT2D eigenvalue weighted by molar-refractivity contribution is 5.43. The number of ether oxygens (including phenoxy) is 3. The quantitative estimate of drug-likeness (QED) is 0.843. The van der Waals surface area contributed by atoms with Crippen molar-refractivity contribution < 1.29 is 14.2 Å². The summed E-state index contributed by atoms with van der Waals surface area (Å²) in [6.45, 7) is 17.6. The van der Waals surface area contributed by atoms with E-state index < -0.39 is 5.60 Å². The van der Waals surface area contributed by atoms with Crippen LogP contribution in [0.3, 0.4) is 0 Å². The molecular weight excluding hydrogens is 268 g/mol. The van der Waals surface area contributed by atoms with Crippen LogP contribution in [0.25, 0.3) is 0 Å². The van der Waals surface area contributed by atoms with Crippen molar-refractivity contribution in [2.75, 3.05) is 0 Å². The van der Waals surface area contributed by atoms with Gasteiger partial charge in [0.25, 0.3) is 11.8 Å². The van der Waals surface area contributed by atoms with Crippen LogP contribution in [-0.2, 0) is 0 Å². The first-order valence-electron chi connectivity index (χ1n) is 7.19. The van der Waals surface area contributed by atoms with E-state index in [1.54, 1.807) is 0 Å². The second-order valence-electron chi connectivity index (χ2n) is 7.96. The Bertz CT molecular complexity index is 446. The van der Waals surface area contributed by atoms with Crippen molar-refractivity contribution in [3.63, 3.8) is 0 Å². The SMILES string of the molecule is CC(C)(C)Oc1ncnc(OC(C)(C)C)c1OC(C)(C)C. The van der Waals surface area contributed by atoms with Crippen molar-refractivity contribution in [2.45, 2.75) is 79.1 Å². The molecule has 0 aliphatic heterocycles. The van der Waals surface area contributed by atoms with Gasteiger partial charge in [0.1, 0.15) is 23.1 Å². The van der Waals surface area contributed by atoms with Crippen molar-refractivity contribution >= 4 is 0 Å². The van der Waals surface area contributed by atoms with Crippen LogP contribution in [0.4, 0.5) is 0 Å². The lowest BCUT2D eigenvalue weighted by Crippen LogP contribution is -2.29. The van der Waals surface area contributed by atoms with Crippen LogP contribution in [0, 0.1) is 0 Å². The maximum absolute atomic E-state index is 5.98. The average Bonchev–Trinajstić information content (AvgIpc) is 2.16. The molecule has 120 valence electrons. The highest BCUT2D eigenvalue weighted by Crippen LogP contribution is 2.38. The molecule has 0 fully saturated rings. The summed E-state index contributed by atoms with van der Waals surface area (Å²) in [6.07, 6.45) is 1.43. The van der Waals surface area contributed by atoms with Crippen molar-refractivity contribution in [3.05, 3.63) is 6.33 Å². The highest BCUT2D eigenvalue weighted by atomic mass is 16.6. The van der Waals surface area contributed by atoms with Gasteiger partial charge in [-0.2, -0.15) is 9.97 Å². The Morgan fingerprint density at radius 2 is 0.952 bits per heavy atom. The molecule has 21 heavy (non-hydrogen) atoms. The average molecular weight is 296 g/mol. The molecule has 0 saturated heterocycles. The van der Waals surface area contributed by atoms with E-state index in [2.05, 4.69) is 9.97 Å². The van der Waals surface area contributed by atoms with Crippen LogP contribution in [0.2, 0.25) is 0 Å². The number of rotatable bonds is 3. The number of hydrogen-bond donors (Lipinski definition) is 0. The van der Waals surface area contributed by atoms with E-state index in [0.717, 1.165) is 0 Å². The minimum atomic E-state index is -0.406. The first-order valence-corrected chi connectivity index (χ1v) is 7.19. The Kier molecular flexibility index (Phi) is 4.76. The summed E-state index contributed by atoms with van der Waals surface area (Å²) < 4.78 is 17.7. The van der Waals surface area contributed by atoms with Crippen LogP contribution in [0.1, 0.15) is 62.3 Å². The fraction of sp³-hybridized carbons (Fsp3) is 0.750. The summed E-state index contributed by atoms with van der Waals surface area (Å²) in [7, 11) is 0. The molecule has 0 spiro atoms. The minimum absolute atomic E-state index is 0.386. The highest BCUT2D eigenvalue weighted by Gasteiger charge is 2.27. The van der Waals surface area contributed by atoms with E-state index in [1.165, 1.54) is 6.33 Å². The van der Waals surface area contributed by atoms with Crippen LogP contribution < -0.4 is 14.2 Å². The Balaban J connectivity index is 3.27. The molecule has 5 heteroatoms. The molecule has 0 N–H and O–H groups in total. The van der Waals surface area contributed by atoms with Crippen LogP contribution >= 0.6 is 0 Å². The maximum atomic E-state index is 5.98. The summed E-state index contributed by atoms with van der Waals surface area (Å²) in [5, 5.41) is 0. The summed E-state index contributed by atoms with van der Waals surface area (Å²) in [4.78, 5) is 8.40. The molecule has 0 aliphatic carbocycles. The normalized spacial score (nSPS) is 13.0. The Labute approximate surface area is 128 Å². The molecule has 1 heterocycles. The lowest BCUT2D eigenvalue weighted by Gasteiger charge is -2.28. The third-order valence-corrected chi connectivity index (χ3v) is 1.95. The second-order valence-corrected chi connectivity index (χ2v) is 7.96. The van der Waals surface area contributed by atoms with Crippen LogP contribution in [0.5, 0.6) is 17.5 Å². The molecule has 0 bridgehead atoms. The van der Waals surface area contributed by atoms with Crippen LogP contribution in [0.15, 0.2) is 6.33 Å². The van der Waals surface area contributed by atoms with E-state index in [1.807, 2.05) is 62.3 Å². The molecular formula is C16H28N2O3. The molecule has 0 unspecified atom stereocenters. The van der Waals surface area contributed by atoms with Crippen molar-refractivity contribution in [2.24, 2.45) is 0 Å². The molecule has 1 aromatic heterocycles. The number of hydrogen-bond acceptors (Lipinski definition) is 5. The lowest BCUT2D eigenvalue weighted by molar-refractivity contribution is 0.0702. The van der Waals surface area contributed by atoms with E-state index in [-0.39, 0.29) is 11.2 Å². The largest absolute Gasteiger partial charge is 0.478 e. The van der Waals surface area contributed by atoms with Gasteiger partial charge >= 0.3 is 0 Å². The van der Waals surface area contributed by atoms with Gasteiger partial charge in [0, 0.05) is 0 Å². The molecule has 0 radical (unpaired) electrons. The van der Waals surface area contributed by atoms with Gasteiger partial charge in [-0.05, 0) is 62.3 Å². The zero-order chi connectivity index (χ0) is 16.5. The molecule has 1 rings (SSSR count). The van der Waals surface area contributed by atoms with Gasteiger partial charge in [0.15, 0.2) is 0 Å². The predicted molar refractivity (Wildman–Crippen MR) is 83.2 cm³/mol. The standard InChI is InChI=1S/C16H28N2O3/c1-14(2,3)19-11-12(20-15(4,5)6)17-10-18-13(11)21-16(7,8)9/h10H,1-9H3. The Morgan fingerprint density at radius 1 is 0.619 bits per heavy atom. The van der Waals surface area contributed by atoms with E-state index in [4.69, 9.17) is 14.2 Å². The monoisotopic (exact) mass is 296 g/mol. The first kappa shape index (κ1) is 17.5. The Morgan fingerprint density at radius 3 is 1.24 bits per heavy atom. The smallest absolute Gasteiger partial charge is 0.264 e. The topological polar surface area (TPSA) is 53.5 Å². The van der Waals surface area contributed by atoms with Gasteiger partial charge < -0.3 is 14.2 Å². The second kappa shape index (κ2) is 5.70. The summed E-state index contributed by atoms with van der Waals surface area (Å²) in [5.74, 6) is 1.23. The van der Waals surface area contributed by atoms with Gasteiger partial charge in [0.2, 0.25) is 5.75 Å². The molecule has 0 aromatic carbocycles. The molecule has 0 aliphatic rings. The molecule has 0 saturated carbocycles. The minimum Gasteiger partial charge on any atom is -0.478 e. The fourth-order valence-electron chi connectivity index (χ4n) is 1.46. The van der Waals surface area contributed by atoms with Gasteiger partial charge in [0.05, 0.1) is 0 Å². The zero-order valence-corrected chi connectivity index (χ0v) is 14.7. The molecule has 0 atom stereocenters. The van der Waals surface area contributed by atoms with Crippen molar-refractivity contribution in [3.8, 4) is 17.5 Å².